The lowest BCUT2D eigenvalue weighted by Crippen LogP contribution is -2.16. The van der Waals surface area contributed by atoms with Gasteiger partial charge < -0.3 is 14.8 Å². The second-order valence-electron chi connectivity index (χ2n) is 7.33. The molecule has 166 valence electrons. The molecule has 7 nitrogen and oxygen atoms in total. The van der Waals surface area contributed by atoms with Gasteiger partial charge in [-0.3, -0.25) is 9.52 Å². The van der Waals surface area contributed by atoms with Crippen molar-refractivity contribution in [1.29, 1.82) is 0 Å². The van der Waals surface area contributed by atoms with Crippen molar-refractivity contribution in [1.82, 2.24) is 0 Å². The summed E-state index contributed by atoms with van der Waals surface area (Å²) < 4.78 is 38.9. The highest BCUT2D eigenvalue weighted by atomic mass is 35.5. The summed E-state index contributed by atoms with van der Waals surface area (Å²) in [5, 5.41) is 3.28. The molecule has 32 heavy (non-hydrogen) atoms. The fourth-order valence-corrected chi connectivity index (χ4v) is 4.73. The summed E-state index contributed by atoms with van der Waals surface area (Å²) >= 11 is 5.85. The number of hydrogen-bond acceptors (Lipinski definition) is 5. The van der Waals surface area contributed by atoms with Crippen molar-refractivity contribution in [3.63, 3.8) is 0 Å². The van der Waals surface area contributed by atoms with Crippen molar-refractivity contribution >= 4 is 38.9 Å². The third kappa shape index (κ3) is 5.15. The van der Waals surface area contributed by atoms with Gasteiger partial charge in [0.05, 0.1) is 4.90 Å². The molecule has 9 heteroatoms. The molecule has 0 saturated heterocycles. The molecule has 0 saturated carbocycles. The van der Waals surface area contributed by atoms with E-state index in [1.807, 2.05) is 18.2 Å². The molecule has 0 aromatic heterocycles. The Morgan fingerprint density at radius 3 is 2.47 bits per heavy atom. The van der Waals surface area contributed by atoms with E-state index in [-0.39, 0.29) is 24.0 Å². The maximum Gasteiger partial charge on any atom is 0.262 e. The van der Waals surface area contributed by atoms with Crippen molar-refractivity contribution < 1.29 is 22.7 Å². The Balaban J connectivity index is 1.42. The Hall–Kier alpha value is -3.23. The molecule has 3 aromatic rings. The van der Waals surface area contributed by atoms with E-state index in [1.165, 1.54) is 6.07 Å². The number of carbonyl (C=O) groups excluding carboxylic acids is 1. The number of sulfonamides is 1. The molecule has 0 fully saturated rings. The van der Waals surface area contributed by atoms with E-state index in [0.29, 0.717) is 39.9 Å². The van der Waals surface area contributed by atoms with Crippen molar-refractivity contribution in [2.24, 2.45) is 0 Å². The average molecular weight is 473 g/mol. The minimum atomic E-state index is -3.85. The fraction of sp³-hybridized carbons (Fsp3) is 0.174. The Morgan fingerprint density at radius 1 is 0.969 bits per heavy atom. The molecule has 1 aliphatic heterocycles. The lowest BCUT2D eigenvalue weighted by molar-refractivity contribution is -0.116. The first-order chi connectivity index (χ1) is 15.3. The number of fused-ring (bicyclic) bond motifs is 1. The molecule has 2 N–H and O–H groups in total. The predicted molar refractivity (Wildman–Crippen MR) is 123 cm³/mol. The molecule has 1 aliphatic rings. The van der Waals surface area contributed by atoms with Crippen LogP contribution in [0.3, 0.4) is 0 Å². The van der Waals surface area contributed by atoms with E-state index < -0.39 is 10.0 Å². The fourth-order valence-electron chi connectivity index (χ4n) is 3.27. The number of rotatable bonds is 7. The maximum absolute atomic E-state index is 12.9. The summed E-state index contributed by atoms with van der Waals surface area (Å²) in [6.45, 7) is 1.90. The van der Waals surface area contributed by atoms with Crippen LogP contribution < -0.4 is 19.5 Å². The number of aryl methyl sites for hydroxylation is 2. The van der Waals surface area contributed by atoms with Crippen LogP contribution in [-0.2, 0) is 21.2 Å². The highest BCUT2D eigenvalue weighted by Gasteiger charge is 2.19. The number of halogens is 1. The summed E-state index contributed by atoms with van der Waals surface area (Å²) in [6.07, 6.45) is 0.746. The first-order valence-corrected chi connectivity index (χ1v) is 11.7. The van der Waals surface area contributed by atoms with Gasteiger partial charge in [-0.2, -0.15) is 0 Å². The van der Waals surface area contributed by atoms with Gasteiger partial charge in [0.25, 0.3) is 10.0 Å². The van der Waals surface area contributed by atoms with Gasteiger partial charge in [0, 0.05) is 22.8 Å². The Kier molecular flexibility index (Phi) is 6.25. The lowest BCUT2D eigenvalue weighted by Gasteiger charge is -2.13. The molecular formula is C23H21ClN2O5S. The van der Waals surface area contributed by atoms with Crippen molar-refractivity contribution in [3.8, 4) is 11.5 Å². The van der Waals surface area contributed by atoms with Gasteiger partial charge in [0.1, 0.15) is 0 Å². The van der Waals surface area contributed by atoms with Gasteiger partial charge in [-0.1, -0.05) is 23.7 Å². The zero-order valence-electron chi connectivity index (χ0n) is 17.2. The molecular weight excluding hydrogens is 452 g/mol. The second-order valence-corrected chi connectivity index (χ2v) is 9.42. The van der Waals surface area contributed by atoms with Crippen LogP contribution in [0.2, 0.25) is 5.02 Å². The van der Waals surface area contributed by atoms with E-state index in [0.717, 1.165) is 5.56 Å². The second kappa shape index (κ2) is 9.10. The summed E-state index contributed by atoms with van der Waals surface area (Å²) in [5.41, 5.74) is 2.31. The molecule has 4 rings (SSSR count). The zero-order chi connectivity index (χ0) is 22.7. The van der Waals surface area contributed by atoms with Gasteiger partial charge in [0.15, 0.2) is 11.5 Å². The standard InChI is InChI=1S/C23H21ClN2O5S/c1-15-2-7-19(13-22(15)32(28,29)26-18-8-5-17(24)6-9-18)25-23(27)11-4-16-3-10-20-21(12-16)31-14-30-20/h2-3,5-10,12-13,26H,4,11,14H2,1H3,(H,25,27). The Morgan fingerprint density at radius 2 is 1.69 bits per heavy atom. The first-order valence-electron chi connectivity index (χ1n) is 9.87. The van der Waals surface area contributed by atoms with Gasteiger partial charge in [-0.05, 0) is 73.0 Å². The van der Waals surface area contributed by atoms with Crippen molar-refractivity contribution in [3.05, 3.63) is 76.8 Å². The maximum atomic E-state index is 12.9. The highest BCUT2D eigenvalue weighted by Crippen LogP contribution is 2.32. The summed E-state index contributed by atoms with van der Waals surface area (Å²) in [5.74, 6) is 1.14. The molecule has 0 spiro atoms. The Labute approximate surface area is 191 Å². The van der Waals surface area contributed by atoms with Gasteiger partial charge in [0.2, 0.25) is 12.7 Å². The van der Waals surface area contributed by atoms with Crippen LogP contribution >= 0.6 is 11.6 Å². The van der Waals surface area contributed by atoms with Crippen molar-refractivity contribution in [2.75, 3.05) is 16.8 Å². The SMILES string of the molecule is Cc1ccc(NC(=O)CCc2ccc3c(c2)OCO3)cc1S(=O)(=O)Nc1ccc(Cl)cc1. The van der Waals surface area contributed by atoms with Crippen LogP contribution in [0.4, 0.5) is 11.4 Å². The molecule has 0 aliphatic carbocycles. The quantitative estimate of drug-likeness (QED) is 0.517. The van der Waals surface area contributed by atoms with Crippen LogP contribution in [0.15, 0.2) is 65.6 Å². The first kappa shape index (κ1) is 22.0. The molecule has 3 aromatic carbocycles. The zero-order valence-corrected chi connectivity index (χ0v) is 18.8. The van der Waals surface area contributed by atoms with Crippen molar-refractivity contribution in [2.45, 2.75) is 24.7 Å². The summed E-state index contributed by atoms with van der Waals surface area (Å²) in [7, 11) is -3.85. The van der Waals surface area contributed by atoms with Gasteiger partial charge in [-0.25, -0.2) is 8.42 Å². The van der Waals surface area contributed by atoms with Gasteiger partial charge in [-0.15, -0.1) is 0 Å². The van der Waals surface area contributed by atoms with Gasteiger partial charge >= 0.3 is 0 Å². The monoisotopic (exact) mass is 472 g/mol. The Bertz CT molecular complexity index is 1260. The van der Waals surface area contributed by atoms with Crippen LogP contribution in [-0.4, -0.2) is 21.1 Å². The smallest absolute Gasteiger partial charge is 0.262 e. The molecule has 0 atom stereocenters. The number of carbonyl (C=O) groups is 1. The molecule has 0 radical (unpaired) electrons. The summed E-state index contributed by atoms with van der Waals surface area (Å²) in [6, 6.07) is 16.7. The van der Waals surface area contributed by atoms with E-state index in [1.54, 1.807) is 43.3 Å². The van der Waals surface area contributed by atoms with E-state index in [2.05, 4.69) is 10.0 Å². The van der Waals surface area contributed by atoms with Crippen LogP contribution in [0.1, 0.15) is 17.5 Å². The predicted octanol–water partition coefficient (Wildman–Crippen LogP) is 4.75. The normalized spacial score (nSPS) is 12.4. The minimum Gasteiger partial charge on any atom is -0.454 e. The number of ether oxygens (including phenoxy) is 2. The number of benzene rings is 3. The molecule has 1 amide bonds. The number of hydrogen-bond donors (Lipinski definition) is 2. The third-order valence-corrected chi connectivity index (χ3v) is 6.71. The third-order valence-electron chi connectivity index (χ3n) is 4.94. The molecule has 0 bridgehead atoms. The van der Waals surface area contributed by atoms with E-state index in [4.69, 9.17) is 21.1 Å². The molecule has 1 heterocycles. The van der Waals surface area contributed by atoms with Crippen LogP contribution in [0, 0.1) is 6.92 Å². The minimum absolute atomic E-state index is 0.0843. The highest BCUT2D eigenvalue weighted by molar-refractivity contribution is 7.92. The number of nitrogens with one attached hydrogen (secondary N) is 2. The summed E-state index contributed by atoms with van der Waals surface area (Å²) in [4.78, 5) is 12.5. The average Bonchev–Trinajstić information content (AvgIpc) is 3.23. The number of amides is 1. The topological polar surface area (TPSA) is 93.7 Å². The lowest BCUT2D eigenvalue weighted by atomic mass is 10.1. The largest absolute Gasteiger partial charge is 0.454 e. The van der Waals surface area contributed by atoms with E-state index in [9.17, 15) is 13.2 Å². The van der Waals surface area contributed by atoms with E-state index >= 15 is 0 Å². The van der Waals surface area contributed by atoms with Crippen LogP contribution in [0.5, 0.6) is 11.5 Å². The molecule has 0 unspecified atom stereocenters. The van der Waals surface area contributed by atoms with Crippen LogP contribution in [0.25, 0.3) is 0 Å². The number of anilines is 2.